The Hall–Kier alpha value is -4.86. The molecule has 10 heteroatoms. The van der Waals surface area contributed by atoms with E-state index in [0.29, 0.717) is 23.7 Å². The summed E-state index contributed by atoms with van der Waals surface area (Å²) < 4.78 is 1.92. The maximum atomic E-state index is 12.7. The molecule has 6 aromatic rings. The first-order chi connectivity index (χ1) is 19.6. The number of nitrogens with one attached hydrogen (secondary N) is 3. The number of aryl methyl sites for hydroxylation is 1. The van der Waals surface area contributed by atoms with Gasteiger partial charge in [0.25, 0.3) is 0 Å². The number of nitrogens with zero attached hydrogens (tertiary/aromatic N) is 6. The number of amides is 1. The van der Waals surface area contributed by atoms with E-state index in [1.165, 1.54) is 19.3 Å². The van der Waals surface area contributed by atoms with Gasteiger partial charge in [0.05, 0.1) is 40.0 Å². The summed E-state index contributed by atoms with van der Waals surface area (Å²) in [5.74, 6) is 1.32. The van der Waals surface area contributed by atoms with E-state index in [2.05, 4.69) is 35.5 Å². The van der Waals surface area contributed by atoms with Crippen LogP contribution < -0.4 is 5.32 Å². The summed E-state index contributed by atoms with van der Waals surface area (Å²) in [6.07, 6.45) is 15.5. The number of aromatic nitrogens is 8. The molecule has 0 radical (unpaired) electrons. The van der Waals surface area contributed by atoms with E-state index in [1.807, 2.05) is 48.0 Å². The molecular formula is C30H29N9O. The van der Waals surface area contributed by atoms with Crippen molar-refractivity contribution >= 4 is 33.5 Å². The van der Waals surface area contributed by atoms with Crippen LogP contribution in [0.25, 0.3) is 50.4 Å². The zero-order valence-electron chi connectivity index (χ0n) is 22.2. The minimum absolute atomic E-state index is 0.0462. The summed E-state index contributed by atoms with van der Waals surface area (Å²) in [5.41, 5.74) is 7.23. The van der Waals surface area contributed by atoms with Gasteiger partial charge >= 0.3 is 0 Å². The van der Waals surface area contributed by atoms with Crippen LogP contribution in [0.1, 0.15) is 44.2 Å². The zero-order chi connectivity index (χ0) is 27.1. The summed E-state index contributed by atoms with van der Waals surface area (Å²) in [6, 6.07) is 9.81. The molecule has 0 unspecified atom stereocenters. The second-order valence-corrected chi connectivity index (χ2v) is 10.6. The molecule has 6 heterocycles. The molecule has 40 heavy (non-hydrogen) atoms. The maximum absolute atomic E-state index is 12.7. The quantitative estimate of drug-likeness (QED) is 0.243. The molecule has 1 aliphatic carbocycles. The number of H-pyrrole nitrogens is 2. The number of hydrogen-bond donors (Lipinski definition) is 3. The summed E-state index contributed by atoms with van der Waals surface area (Å²) in [4.78, 5) is 34.4. The summed E-state index contributed by atoms with van der Waals surface area (Å²) >= 11 is 0. The number of anilines is 1. The predicted octanol–water partition coefficient (Wildman–Crippen LogP) is 5.97. The highest BCUT2D eigenvalue weighted by molar-refractivity contribution is 5.96. The van der Waals surface area contributed by atoms with Crippen molar-refractivity contribution in [3.05, 3.63) is 67.1 Å². The van der Waals surface area contributed by atoms with Crippen molar-refractivity contribution in [2.75, 3.05) is 5.32 Å². The molecule has 1 amide bonds. The van der Waals surface area contributed by atoms with Gasteiger partial charge in [-0.2, -0.15) is 5.10 Å². The Balaban J connectivity index is 1.19. The third-order valence-electron chi connectivity index (χ3n) is 7.66. The molecule has 0 spiro atoms. The first-order valence-corrected chi connectivity index (χ1v) is 13.7. The van der Waals surface area contributed by atoms with Crippen LogP contribution in [0.4, 0.5) is 5.69 Å². The number of fused-ring (bicyclic) bond motifs is 2. The van der Waals surface area contributed by atoms with Gasteiger partial charge in [-0.15, -0.1) is 0 Å². The summed E-state index contributed by atoms with van der Waals surface area (Å²) in [7, 11) is 0. The molecule has 3 N–H and O–H groups in total. The molecule has 0 aromatic carbocycles. The van der Waals surface area contributed by atoms with Gasteiger partial charge in [-0.05, 0) is 56.0 Å². The lowest BCUT2D eigenvalue weighted by Crippen LogP contribution is -2.18. The second-order valence-electron chi connectivity index (χ2n) is 10.6. The van der Waals surface area contributed by atoms with Gasteiger partial charge in [-0.1, -0.05) is 19.3 Å². The number of carbonyl (C=O) groups excluding carboxylic acids is 1. The molecule has 1 fully saturated rings. The standard InChI is InChI=1S/C30H29N9O/c1-18-16-39(17-33-18)30-22-13-26(35-24(22)9-10-32-30)29-28-25(37-38-29)8-7-23(36-28)20-12-21(15-31-14-20)34-27(40)11-19-5-3-2-4-6-19/h7-10,12-17,19,35H,2-6,11H2,1H3,(H,34,40)(H,37,38). The molecule has 0 atom stereocenters. The first kappa shape index (κ1) is 24.2. The van der Waals surface area contributed by atoms with E-state index in [9.17, 15) is 4.79 Å². The SMILES string of the molecule is Cc1cn(-c2nccc3[nH]c(-c4n[nH]c5ccc(-c6cncc(NC(=O)CC7CCCCC7)c6)nc45)cc23)cn1. The number of pyridine rings is 3. The number of imidazole rings is 1. The number of aromatic amines is 2. The molecule has 0 aliphatic heterocycles. The normalized spacial score (nSPS) is 14.2. The Kier molecular flexibility index (Phi) is 6.07. The van der Waals surface area contributed by atoms with Crippen LogP contribution in [0, 0.1) is 12.8 Å². The highest BCUT2D eigenvalue weighted by atomic mass is 16.1. The molecule has 6 aromatic heterocycles. The lowest BCUT2D eigenvalue weighted by Gasteiger charge is -2.20. The molecule has 1 aliphatic rings. The lowest BCUT2D eigenvalue weighted by atomic mass is 9.87. The zero-order valence-corrected chi connectivity index (χ0v) is 22.2. The highest BCUT2D eigenvalue weighted by Gasteiger charge is 2.18. The van der Waals surface area contributed by atoms with E-state index in [4.69, 9.17) is 4.98 Å². The molecule has 200 valence electrons. The van der Waals surface area contributed by atoms with Gasteiger partial charge in [0, 0.05) is 36.0 Å². The smallest absolute Gasteiger partial charge is 0.224 e. The number of rotatable bonds is 6. The van der Waals surface area contributed by atoms with Crippen molar-refractivity contribution < 1.29 is 4.79 Å². The van der Waals surface area contributed by atoms with Gasteiger partial charge in [-0.3, -0.25) is 19.4 Å². The van der Waals surface area contributed by atoms with E-state index in [0.717, 1.165) is 63.2 Å². The average molecular weight is 532 g/mol. The van der Waals surface area contributed by atoms with E-state index < -0.39 is 0 Å². The maximum Gasteiger partial charge on any atom is 0.224 e. The fourth-order valence-electron chi connectivity index (χ4n) is 5.67. The molecule has 10 nitrogen and oxygen atoms in total. The van der Waals surface area contributed by atoms with Crippen LogP contribution >= 0.6 is 0 Å². The van der Waals surface area contributed by atoms with Gasteiger partial charge in [0.2, 0.25) is 5.91 Å². The van der Waals surface area contributed by atoms with Gasteiger partial charge in [-0.25, -0.2) is 15.0 Å². The number of carbonyl (C=O) groups is 1. The van der Waals surface area contributed by atoms with Crippen LogP contribution in [0.3, 0.4) is 0 Å². The first-order valence-electron chi connectivity index (χ1n) is 13.7. The monoisotopic (exact) mass is 531 g/mol. The molecule has 0 bridgehead atoms. The average Bonchev–Trinajstić information content (AvgIpc) is 3.71. The molecule has 7 rings (SSSR count). The molecule has 0 saturated heterocycles. The minimum Gasteiger partial charge on any atom is -0.353 e. The molecular weight excluding hydrogens is 502 g/mol. The Bertz CT molecular complexity index is 1840. The third kappa shape index (κ3) is 4.61. The van der Waals surface area contributed by atoms with Crippen LogP contribution in [-0.4, -0.2) is 45.6 Å². The largest absolute Gasteiger partial charge is 0.353 e. The van der Waals surface area contributed by atoms with Crippen molar-refractivity contribution in [2.45, 2.75) is 45.4 Å². The fourth-order valence-corrected chi connectivity index (χ4v) is 5.67. The number of hydrogen-bond acceptors (Lipinski definition) is 6. The van der Waals surface area contributed by atoms with Crippen LogP contribution in [0.15, 0.2) is 61.4 Å². The lowest BCUT2D eigenvalue weighted by molar-refractivity contribution is -0.117. The van der Waals surface area contributed by atoms with E-state index in [-0.39, 0.29) is 5.91 Å². The van der Waals surface area contributed by atoms with Gasteiger partial charge in [0.15, 0.2) is 0 Å². The van der Waals surface area contributed by atoms with Crippen molar-refractivity contribution in [1.29, 1.82) is 0 Å². The molecule has 1 saturated carbocycles. The summed E-state index contributed by atoms with van der Waals surface area (Å²) in [6.45, 7) is 1.95. The van der Waals surface area contributed by atoms with Crippen LogP contribution in [-0.2, 0) is 4.79 Å². The second kappa shape index (κ2) is 10.0. The van der Waals surface area contributed by atoms with E-state index in [1.54, 1.807) is 24.9 Å². The Morgan fingerprint density at radius 1 is 1.07 bits per heavy atom. The summed E-state index contributed by atoms with van der Waals surface area (Å²) in [5, 5.41) is 11.7. The van der Waals surface area contributed by atoms with Gasteiger partial charge < -0.3 is 10.3 Å². The van der Waals surface area contributed by atoms with Crippen LogP contribution in [0.5, 0.6) is 0 Å². The predicted molar refractivity (Wildman–Crippen MR) is 154 cm³/mol. The Morgan fingerprint density at radius 3 is 2.83 bits per heavy atom. The Labute approximate surface area is 230 Å². The van der Waals surface area contributed by atoms with Crippen LogP contribution in [0.2, 0.25) is 0 Å². The van der Waals surface area contributed by atoms with Gasteiger partial charge in [0.1, 0.15) is 23.4 Å². The van der Waals surface area contributed by atoms with Crippen molar-refractivity contribution in [3.8, 4) is 28.5 Å². The fraction of sp³-hybridized carbons (Fsp3) is 0.267. The van der Waals surface area contributed by atoms with E-state index >= 15 is 0 Å². The Morgan fingerprint density at radius 2 is 1.98 bits per heavy atom. The minimum atomic E-state index is 0.0462. The topological polar surface area (TPSA) is 130 Å². The van der Waals surface area contributed by atoms with Crippen molar-refractivity contribution in [1.82, 2.24) is 39.7 Å². The third-order valence-corrected chi connectivity index (χ3v) is 7.66. The van der Waals surface area contributed by atoms with Crippen molar-refractivity contribution in [3.63, 3.8) is 0 Å². The van der Waals surface area contributed by atoms with Crippen molar-refractivity contribution in [2.24, 2.45) is 5.92 Å². The highest BCUT2D eigenvalue weighted by Crippen LogP contribution is 2.32.